The van der Waals surface area contributed by atoms with Gasteiger partial charge in [0.15, 0.2) is 0 Å². The minimum Gasteiger partial charge on any atom is -0.508 e. The normalized spacial score (nSPS) is 17.6. The number of aromatic hydroxyl groups is 1. The van der Waals surface area contributed by atoms with Gasteiger partial charge < -0.3 is 15.5 Å². The highest BCUT2D eigenvalue weighted by Gasteiger charge is 2.26. The van der Waals surface area contributed by atoms with Crippen LogP contribution >= 0.6 is 11.6 Å². The molecule has 0 aromatic heterocycles. The number of hydrogen-bond donors (Lipinski definition) is 3. The molecule has 23 heavy (non-hydrogen) atoms. The maximum absolute atomic E-state index is 12.2. The molecule has 0 heterocycles. The molecule has 0 saturated carbocycles. The zero-order valence-electron chi connectivity index (χ0n) is 12.5. The van der Waals surface area contributed by atoms with Gasteiger partial charge in [-0.25, -0.2) is 0 Å². The van der Waals surface area contributed by atoms with E-state index in [9.17, 15) is 15.0 Å². The molecule has 0 aliphatic heterocycles. The Labute approximate surface area is 139 Å². The van der Waals surface area contributed by atoms with E-state index in [2.05, 4.69) is 5.32 Å². The number of carbonyl (C=O) groups is 1. The third-order valence-corrected chi connectivity index (χ3v) is 4.47. The average Bonchev–Trinajstić information content (AvgIpc) is 2.92. The second-order valence-electron chi connectivity index (χ2n) is 5.78. The summed E-state index contributed by atoms with van der Waals surface area (Å²) in [6.45, 7) is 0. The van der Waals surface area contributed by atoms with Crippen LogP contribution in [0.3, 0.4) is 0 Å². The fraction of sp³-hybridized carbons (Fsp3) is 0.278. The fourth-order valence-corrected chi connectivity index (χ4v) is 3.14. The first-order valence-electron chi connectivity index (χ1n) is 7.58. The molecule has 1 amide bonds. The highest BCUT2D eigenvalue weighted by atomic mass is 35.5. The van der Waals surface area contributed by atoms with Crippen molar-refractivity contribution in [2.24, 2.45) is 0 Å². The van der Waals surface area contributed by atoms with Crippen molar-refractivity contribution in [2.45, 2.75) is 31.4 Å². The molecule has 120 valence electrons. The Bertz CT molecular complexity index is 715. The number of hydrogen-bond acceptors (Lipinski definition) is 3. The third kappa shape index (κ3) is 3.49. The Balaban J connectivity index is 1.63. The van der Waals surface area contributed by atoms with Crippen LogP contribution in [-0.2, 0) is 11.2 Å². The van der Waals surface area contributed by atoms with Crippen LogP contribution in [0.1, 0.15) is 41.7 Å². The van der Waals surface area contributed by atoms with Crippen LogP contribution < -0.4 is 5.32 Å². The van der Waals surface area contributed by atoms with Crippen molar-refractivity contribution < 1.29 is 15.0 Å². The number of halogens is 1. The molecule has 1 aliphatic carbocycles. The molecule has 2 atom stereocenters. The first-order chi connectivity index (χ1) is 11.0. The Kier molecular flexibility index (Phi) is 4.55. The predicted octanol–water partition coefficient (Wildman–Crippen LogP) is 3.27. The number of phenols is 1. The van der Waals surface area contributed by atoms with E-state index in [0.29, 0.717) is 10.6 Å². The second kappa shape index (κ2) is 6.60. The minimum atomic E-state index is -0.864. The number of rotatable bonds is 4. The Hall–Kier alpha value is -2.04. The van der Waals surface area contributed by atoms with Crippen molar-refractivity contribution in [3.8, 4) is 5.75 Å². The molecule has 1 aliphatic rings. The predicted molar refractivity (Wildman–Crippen MR) is 88.3 cm³/mol. The highest BCUT2D eigenvalue weighted by molar-refractivity contribution is 6.30. The van der Waals surface area contributed by atoms with Gasteiger partial charge >= 0.3 is 0 Å². The van der Waals surface area contributed by atoms with Crippen LogP contribution in [0.4, 0.5) is 0 Å². The summed E-state index contributed by atoms with van der Waals surface area (Å²) < 4.78 is 0. The third-order valence-electron chi connectivity index (χ3n) is 4.21. The number of amides is 1. The minimum absolute atomic E-state index is 0.00766. The topological polar surface area (TPSA) is 69.6 Å². The fourth-order valence-electron chi connectivity index (χ4n) is 3.02. The Morgan fingerprint density at radius 2 is 2.00 bits per heavy atom. The first-order valence-corrected chi connectivity index (χ1v) is 7.96. The maximum atomic E-state index is 12.2. The molecule has 3 N–H and O–H groups in total. The molecule has 4 nitrogen and oxygen atoms in total. The van der Waals surface area contributed by atoms with Crippen molar-refractivity contribution in [3.63, 3.8) is 0 Å². The molecule has 3 rings (SSSR count). The molecule has 2 aromatic carbocycles. The van der Waals surface area contributed by atoms with Crippen LogP contribution in [0.5, 0.6) is 5.75 Å². The molecular formula is C18H18ClNO3. The van der Waals surface area contributed by atoms with Crippen LogP contribution in [0.25, 0.3) is 0 Å². The second-order valence-corrected chi connectivity index (χ2v) is 6.21. The van der Waals surface area contributed by atoms with Gasteiger partial charge in [0.1, 0.15) is 5.75 Å². The van der Waals surface area contributed by atoms with E-state index >= 15 is 0 Å². The summed E-state index contributed by atoms with van der Waals surface area (Å²) in [6.07, 6.45) is 0.631. The standard InChI is InChI=1S/C18H18ClNO3/c19-12-6-4-11(5-7-12)17(22)10-18(23)20-15-9-8-14-13(15)2-1-3-16(14)21/h1-7,15,17,21-22H,8-10H2,(H,20,23). The zero-order valence-corrected chi connectivity index (χ0v) is 13.3. The lowest BCUT2D eigenvalue weighted by Gasteiger charge is -2.16. The lowest BCUT2D eigenvalue weighted by Crippen LogP contribution is -2.28. The van der Waals surface area contributed by atoms with Gasteiger partial charge in [0, 0.05) is 5.02 Å². The van der Waals surface area contributed by atoms with Crippen LogP contribution in [0, 0.1) is 0 Å². The van der Waals surface area contributed by atoms with Crippen molar-refractivity contribution >= 4 is 17.5 Å². The molecule has 0 radical (unpaired) electrons. The number of carbonyl (C=O) groups excluding carboxylic acids is 1. The van der Waals surface area contributed by atoms with Crippen molar-refractivity contribution in [2.75, 3.05) is 0 Å². The van der Waals surface area contributed by atoms with E-state index in [-0.39, 0.29) is 24.1 Å². The van der Waals surface area contributed by atoms with E-state index in [0.717, 1.165) is 24.0 Å². The average molecular weight is 332 g/mol. The molecule has 2 unspecified atom stereocenters. The lowest BCUT2D eigenvalue weighted by molar-refractivity contribution is -0.123. The van der Waals surface area contributed by atoms with Gasteiger partial charge in [0.05, 0.1) is 18.6 Å². The number of nitrogens with one attached hydrogen (secondary N) is 1. The molecule has 0 saturated heterocycles. The first kappa shape index (κ1) is 15.8. The Morgan fingerprint density at radius 1 is 1.26 bits per heavy atom. The van der Waals surface area contributed by atoms with Gasteiger partial charge in [-0.2, -0.15) is 0 Å². The summed E-state index contributed by atoms with van der Waals surface area (Å²) >= 11 is 5.81. The number of fused-ring (bicyclic) bond motifs is 1. The van der Waals surface area contributed by atoms with Crippen LogP contribution in [0.15, 0.2) is 42.5 Å². The van der Waals surface area contributed by atoms with E-state index in [4.69, 9.17) is 11.6 Å². The molecule has 0 bridgehead atoms. The SMILES string of the molecule is O=C(CC(O)c1ccc(Cl)cc1)NC1CCc2c(O)cccc21. The van der Waals surface area contributed by atoms with Crippen LogP contribution in [-0.4, -0.2) is 16.1 Å². The summed E-state index contributed by atoms with van der Waals surface area (Å²) in [7, 11) is 0. The van der Waals surface area contributed by atoms with Gasteiger partial charge in [-0.15, -0.1) is 0 Å². The monoisotopic (exact) mass is 331 g/mol. The van der Waals surface area contributed by atoms with Crippen molar-refractivity contribution in [3.05, 3.63) is 64.2 Å². The molecule has 2 aromatic rings. The quantitative estimate of drug-likeness (QED) is 0.805. The lowest BCUT2D eigenvalue weighted by atomic mass is 10.0. The highest BCUT2D eigenvalue weighted by Crippen LogP contribution is 2.36. The van der Waals surface area contributed by atoms with Gasteiger partial charge in [-0.05, 0) is 47.7 Å². The number of aliphatic hydroxyl groups is 1. The van der Waals surface area contributed by atoms with E-state index in [1.165, 1.54) is 0 Å². The molecular weight excluding hydrogens is 314 g/mol. The molecule has 5 heteroatoms. The van der Waals surface area contributed by atoms with E-state index < -0.39 is 6.10 Å². The van der Waals surface area contributed by atoms with Crippen molar-refractivity contribution in [1.29, 1.82) is 0 Å². The summed E-state index contributed by atoms with van der Waals surface area (Å²) in [5, 5.41) is 23.5. The van der Waals surface area contributed by atoms with E-state index in [1.54, 1.807) is 36.4 Å². The van der Waals surface area contributed by atoms with Gasteiger partial charge in [-0.1, -0.05) is 35.9 Å². The zero-order chi connectivity index (χ0) is 16.4. The Morgan fingerprint density at radius 3 is 2.74 bits per heavy atom. The summed E-state index contributed by atoms with van der Waals surface area (Å²) in [5.41, 5.74) is 2.52. The van der Waals surface area contributed by atoms with Crippen LogP contribution in [0.2, 0.25) is 5.02 Å². The summed E-state index contributed by atoms with van der Waals surface area (Å²) in [6, 6.07) is 12.0. The van der Waals surface area contributed by atoms with Gasteiger partial charge in [0.2, 0.25) is 5.91 Å². The number of aliphatic hydroxyl groups excluding tert-OH is 1. The largest absolute Gasteiger partial charge is 0.508 e. The summed E-state index contributed by atoms with van der Waals surface area (Å²) in [5.74, 6) is 0.0640. The van der Waals surface area contributed by atoms with Crippen molar-refractivity contribution in [1.82, 2.24) is 5.32 Å². The smallest absolute Gasteiger partial charge is 0.223 e. The molecule has 0 spiro atoms. The van der Waals surface area contributed by atoms with E-state index in [1.807, 2.05) is 6.07 Å². The van der Waals surface area contributed by atoms with Gasteiger partial charge in [-0.3, -0.25) is 4.79 Å². The van der Waals surface area contributed by atoms with Gasteiger partial charge in [0.25, 0.3) is 0 Å². The molecule has 0 fully saturated rings. The maximum Gasteiger partial charge on any atom is 0.223 e. The number of benzene rings is 2. The number of phenolic OH excluding ortho intramolecular Hbond substituents is 1. The summed E-state index contributed by atoms with van der Waals surface area (Å²) in [4.78, 5) is 12.2.